The van der Waals surface area contributed by atoms with Crippen molar-refractivity contribution in [2.75, 3.05) is 14.2 Å². The van der Waals surface area contributed by atoms with E-state index in [1.54, 1.807) is 12.1 Å². The van der Waals surface area contributed by atoms with Gasteiger partial charge in [0, 0.05) is 5.56 Å². The van der Waals surface area contributed by atoms with Gasteiger partial charge in [0.1, 0.15) is 0 Å². The zero-order valence-electron chi connectivity index (χ0n) is 14.5. The van der Waals surface area contributed by atoms with Gasteiger partial charge in [-0.2, -0.15) is 0 Å². The first kappa shape index (κ1) is 18.3. The van der Waals surface area contributed by atoms with E-state index in [4.69, 9.17) is 14.2 Å². The van der Waals surface area contributed by atoms with E-state index in [1.165, 1.54) is 33.3 Å². The van der Waals surface area contributed by atoms with Crippen LogP contribution in [0.2, 0.25) is 0 Å². The molecular formula is C19H20O6. The predicted molar refractivity (Wildman–Crippen MR) is 91.6 cm³/mol. The van der Waals surface area contributed by atoms with Crippen molar-refractivity contribution >= 4 is 11.8 Å². The van der Waals surface area contributed by atoms with E-state index >= 15 is 0 Å². The maximum Gasteiger partial charge on any atom is 0.339 e. The summed E-state index contributed by atoms with van der Waals surface area (Å²) in [6, 6.07) is 9.66. The smallest absolute Gasteiger partial charge is 0.339 e. The third-order valence-electron chi connectivity index (χ3n) is 3.70. The average molecular weight is 344 g/mol. The Hall–Kier alpha value is -3.02. The number of aryl methyl sites for hydroxylation is 1. The second-order valence-corrected chi connectivity index (χ2v) is 5.51. The minimum absolute atomic E-state index is 0.0730. The van der Waals surface area contributed by atoms with E-state index in [0.717, 1.165) is 5.56 Å². The zero-order valence-corrected chi connectivity index (χ0v) is 14.5. The lowest BCUT2D eigenvalue weighted by atomic mass is 10.1. The normalized spacial score (nSPS) is 11.5. The van der Waals surface area contributed by atoms with Crippen molar-refractivity contribution in [2.45, 2.75) is 20.0 Å². The van der Waals surface area contributed by atoms with Crippen molar-refractivity contribution in [3.63, 3.8) is 0 Å². The minimum atomic E-state index is -0.957. The highest BCUT2D eigenvalue weighted by atomic mass is 16.5. The second kappa shape index (κ2) is 7.70. The van der Waals surface area contributed by atoms with E-state index < -0.39 is 12.1 Å². The van der Waals surface area contributed by atoms with Gasteiger partial charge in [-0.1, -0.05) is 29.8 Å². The molecule has 0 fully saturated rings. The molecule has 0 radical (unpaired) electrons. The Bertz CT molecular complexity index is 754. The largest absolute Gasteiger partial charge is 0.502 e. The lowest BCUT2D eigenvalue weighted by Gasteiger charge is -2.14. The van der Waals surface area contributed by atoms with Crippen molar-refractivity contribution in [2.24, 2.45) is 0 Å². The molecule has 0 unspecified atom stereocenters. The molecule has 6 nitrogen and oxygen atoms in total. The summed E-state index contributed by atoms with van der Waals surface area (Å²) >= 11 is 0. The number of ketones is 1. The van der Waals surface area contributed by atoms with Gasteiger partial charge < -0.3 is 19.3 Å². The van der Waals surface area contributed by atoms with E-state index in [1.807, 2.05) is 19.1 Å². The fourth-order valence-electron chi connectivity index (χ4n) is 2.25. The highest BCUT2D eigenvalue weighted by Crippen LogP contribution is 2.37. The van der Waals surface area contributed by atoms with Gasteiger partial charge in [0.25, 0.3) is 0 Å². The number of phenols is 1. The molecule has 2 rings (SSSR count). The van der Waals surface area contributed by atoms with Crippen LogP contribution >= 0.6 is 0 Å². The van der Waals surface area contributed by atoms with Gasteiger partial charge in [0.05, 0.1) is 19.8 Å². The fourth-order valence-corrected chi connectivity index (χ4v) is 2.25. The maximum absolute atomic E-state index is 12.4. The number of ether oxygens (including phenoxy) is 3. The number of aromatic hydroxyl groups is 1. The minimum Gasteiger partial charge on any atom is -0.502 e. The molecule has 0 amide bonds. The van der Waals surface area contributed by atoms with Crippen LogP contribution in [0.3, 0.4) is 0 Å². The summed E-state index contributed by atoms with van der Waals surface area (Å²) in [6.45, 7) is 3.43. The van der Waals surface area contributed by atoms with E-state index in [9.17, 15) is 14.7 Å². The molecule has 2 aromatic rings. The quantitative estimate of drug-likeness (QED) is 0.640. The van der Waals surface area contributed by atoms with Crippen molar-refractivity contribution in [3.8, 4) is 17.2 Å². The first-order valence-electron chi connectivity index (χ1n) is 7.64. The number of hydrogen-bond donors (Lipinski definition) is 1. The van der Waals surface area contributed by atoms with Gasteiger partial charge in [-0.3, -0.25) is 4.79 Å². The molecule has 0 aliphatic carbocycles. The molecule has 132 valence electrons. The van der Waals surface area contributed by atoms with Crippen LogP contribution in [-0.4, -0.2) is 37.2 Å². The average Bonchev–Trinajstić information content (AvgIpc) is 2.61. The van der Waals surface area contributed by atoms with Gasteiger partial charge >= 0.3 is 5.97 Å². The Morgan fingerprint density at radius 1 is 0.960 bits per heavy atom. The fraction of sp³-hybridized carbons (Fsp3) is 0.263. The number of carbonyl (C=O) groups is 2. The summed E-state index contributed by atoms with van der Waals surface area (Å²) in [6.07, 6.45) is -0.957. The lowest BCUT2D eigenvalue weighted by Crippen LogP contribution is -2.24. The molecule has 1 N–H and O–H groups in total. The molecule has 2 aromatic carbocycles. The van der Waals surface area contributed by atoms with Crippen molar-refractivity contribution in [1.29, 1.82) is 0 Å². The van der Waals surface area contributed by atoms with Crippen molar-refractivity contribution in [1.82, 2.24) is 0 Å². The number of Topliss-reactive ketones (excluding diaryl/α,β-unsaturated/α-hetero) is 1. The SMILES string of the molecule is COc1cc(C(=O)O[C@@H](C)C(=O)c2ccc(C)cc2)cc(OC)c1O. The molecule has 0 aromatic heterocycles. The van der Waals surface area contributed by atoms with Gasteiger partial charge in [-0.15, -0.1) is 0 Å². The molecule has 1 atom stereocenters. The highest BCUT2D eigenvalue weighted by molar-refractivity contribution is 6.01. The molecule has 25 heavy (non-hydrogen) atoms. The van der Waals surface area contributed by atoms with Gasteiger partial charge in [-0.25, -0.2) is 4.79 Å². The molecule has 0 bridgehead atoms. The summed E-state index contributed by atoms with van der Waals surface area (Å²) in [7, 11) is 2.71. The Morgan fingerprint density at radius 2 is 1.48 bits per heavy atom. The van der Waals surface area contributed by atoms with Crippen LogP contribution in [0.4, 0.5) is 0 Å². The third-order valence-corrected chi connectivity index (χ3v) is 3.70. The number of carbonyl (C=O) groups excluding carboxylic acids is 2. The Balaban J connectivity index is 2.18. The van der Waals surface area contributed by atoms with Crippen LogP contribution in [0.25, 0.3) is 0 Å². The second-order valence-electron chi connectivity index (χ2n) is 5.51. The zero-order chi connectivity index (χ0) is 18.6. The first-order chi connectivity index (χ1) is 11.9. The molecule has 6 heteroatoms. The highest BCUT2D eigenvalue weighted by Gasteiger charge is 2.22. The van der Waals surface area contributed by atoms with Crippen LogP contribution in [-0.2, 0) is 4.74 Å². The van der Waals surface area contributed by atoms with Gasteiger partial charge in [0.2, 0.25) is 11.5 Å². The van der Waals surface area contributed by atoms with Crippen LogP contribution in [0, 0.1) is 6.92 Å². The number of rotatable bonds is 6. The van der Waals surface area contributed by atoms with Gasteiger partial charge in [0.15, 0.2) is 17.6 Å². The van der Waals surface area contributed by atoms with Crippen LogP contribution in [0.5, 0.6) is 17.2 Å². The topological polar surface area (TPSA) is 82.1 Å². The third kappa shape index (κ3) is 4.09. The summed E-state index contributed by atoms with van der Waals surface area (Å²) < 4.78 is 15.3. The first-order valence-corrected chi connectivity index (χ1v) is 7.64. The predicted octanol–water partition coefficient (Wildman–Crippen LogP) is 3.15. The number of phenolic OH excluding ortho intramolecular Hbond substituents is 1. The summed E-state index contributed by atoms with van der Waals surface area (Å²) in [5.74, 6) is -1.09. The van der Waals surface area contributed by atoms with Crippen LogP contribution in [0.1, 0.15) is 33.2 Å². The summed E-state index contributed by atoms with van der Waals surface area (Å²) in [5, 5.41) is 9.88. The Labute approximate surface area is 146 Å². The molecule has 0 aliphatic heterocycles. The van der Waals surface area contributed by atoms with E-state index in [-0.39, 0.29) is 28.6 Å². The van der Waals surface area contributed by atoms with Crippen molar-refractivity contribution < 1.29 is 28.9 Å². The monoisotopic (exact) mass is 344 g/mol. The Morgan fingerprint density at radius 3 is 1.96 bits per heavy atom. The van der Waals surface area contributed by atoms with Gasteiger partial charge in [-0.05, 0) is 26.0 Å². The number of esters is 1. The van der Waals surface area contributed by atoms with E-state index in [0.29, 0.717) is 5.56 Å². The summed E-state index contributed by atoms with van der Waals surface area (Å²) in [4.78, 5) is 24.7. The molecule has 0 heterocycles. The van der Waals surface area contributed by atoms with Crippen LogP contribution in [0.15, 0.2) is 36.4 Å². The van der Waals surface area contributed by atoms with E-state index in [2.05, 4.69) is 0 Å². The molecule has 0 saturated carbocycles. The molecule has 0 saturated heterocycles. The maximum atomic E-state index is 12.4. The lowest BCUT2D eigenvalue weighted by molar-refractivity contribution is 0.0318. The van der Waals surface area contributed by atoms with Crippen LogP contribution < -0.4 is 9.47 Å². The number of hydrogen-bond acceptors (Lipinski definition) is 6. The Kier molecular flexibility index (Phi) is 5.64. The number of benzene rings is 2. The molecule has 0 spiro atoms. The van der Waals surface area contributed by atoms with Crippen molar-refractivity contribution in [3.05, 3.63) is 53.1 Å². The molecule has 0 aliphatic rings. The standard InChI is InChI=1S/C19H20O6/c1-11-5-7-13(8-6-11)17(20)12(2)25-19(22)14-9-15(23-3)18(21)16(10-14)24-4/h5-10,12,21H,1-4H3/t12-/m0/s1. The summed E-state index contributed by atoms with van der Waals surface area (Å²) in [5.41, 5.74) is 1.60. The molecular weight excluding hydrogens is 324 g/mol. The number of methoxy groups -OCH3 is 2.